The summed E-state index contributed by atoms with van der Waals surface area (Å²) in [5.41, 5.74) is 8.33. The Labute approximate surface area is 186 Å². The van der Waals surface area contributed by atoms with Gasteiger partial charge in [-0.1, -0.05) is 6.07 Å². The van der Waals surface area contributed by atoms with E-state index in [1.807, 2.05) is 28.1 Å². The summed E-state index contributed by atoms with van der Waals surface area (Å²) < 4.78 is 8.43. The second-order valence-corrected chi connectivity index (χ2v) is 8.14. The molecule has 0 saturated heterocycles. The number of rotatable bonds is 5. The number of nitrogens with zero attached hydrogens (tertiary/aromatic N) is 6. The average Bonchev–Trinajstić information content (AvgIpc) is 3.48. The number of thiazole rings is 1. The van der Waals surface area contributed by atoms with Gasteiger partial charge >= 0.3 is 0 Å². The maximum Gasteiger partial charge on any atom is 0.160 e. The Bertz CT molecular complexity index is 1590. The van der Waals surface area contributed by atoms with Crippen molar-refractivity contribution in [2.24, 2.45) is 0 Å². The van der Waals surface area contributed by atoms with Crippen LogP contribution in [-0.4, -0.2) is 36.7 Å². The normalized spacial score (nSPS) is 11.4. The molecule has 6 aromatic rings. The number of hydrogen-bond acceptors (Lipinski definition) is 8. The molecule has 0 atom stereocenters. The molecular weight excluding hydrogens is 422 g/mol. The van der Waals surface area contributed by atoms with Gasteiger partial charge in [-0.15, -0.1) is 21.5 Å². The van der Waals surface area contributed by atoms with Crippen molar-refractivity contribution in [3.8, 4) is 16.9 Å². The smallest absolute Gasteiger partial charge is 0.160 e. The van der Waals surface area contributed by atoms with Crippen molar-refractivity contribution in [1.29, 1.82) is 0 Å². The van der Waals surface area contributed by atoms with Crippen molar-refractivity contribution in [2.45, 2.75) is 6.54 Å². The highest BCUT2D eigenvalue weighted by atomic mass is 32.1. The lowest BCUT2D eigenvalue weighted by atomic mass is 10.1. The van der Waals surface area contributed by atoms with Gasteiger partial charge in [0.1, 0.15) is 11.3 Å². The number of benzene rings is 1. The number of hydrogen-bond donors (Lipinski definition) is 1. The Morgan fingerprint density at radius 1 is 0.969 bits per heavy atom. The van der Waals surface area contributed by atoms with Crippen LogP contribution in [0.2, 0.25) is 0 Å². The molecule has 8 nitrogen and oxygen atoms in total. The lowest BCUT2D eigenvalue weighted by molar-refractivity contribution is 0.413. The maximum absolute atomic E-state index is 5.25. The van der Waals surface area contributed by atoms with Gasteiger partial charge in [0.15, 0.2) is 11.5 Å². The van der Waals surface area contributed by atoms with Crippen LogP contribution >= 0.6 is 11.3 Å². The third kappa shape index (κ3) is 3.19. The number of ether oxygens (including phenoxy) is 1. The molecule has 6 rings (SSSR count). The molecule has 0 fully saturated rings. The zero-order valence-corrected chi connectivity index (χ0v) is 17.9. The number of anilines is 1. The molecule has 0 radical (unpaired) electrons. The summed E-state index contributed by atoms with van der Waals surface area (Å²) in [7, 11) is 1.62. The first kappa shape index (κ1) is 18.6. The first-order valence-electron chi connectivity index (χ1n) is 9.98. The second kappa shape index (κ2) is 7.54. The summed E-state index contributed by atoms with van der Waals surface area (Å²) in [6.45, 7) is 0.491. The lowest BCUT2D eigenvalue weighted by Crippen LogP contribution is -2.05. The van der Waals surface area contributed by atoms with Crippen LogP contribution in [0.15, 0.2) is 66.6 Å². The van der Waals surface area contributed by atoms with Crippen LogP contribution < -0.4 is 10.1 Å². The Kier molecular flexibility index (Phi) is 4.39. The minimum Gasteiger partial charge on any atom is -0.495 e. The van der Waals surface area contributed by atoms with Gasteiger partial charge in [0.25, 0.3) is 0 Å². The highest BCUT2D eigenvalue weighted by Gasteiger charge is 2.10. The summed E-state index contributed by atoms with van der Waals surface area (Å²) in [5, 5.41) is 12.1. The number of methoxy groups -OCH3 is 1. The fourth-order valence-corrected chi connectivity index (χ4v) is 4.42. The second-order valence-electron chi connectivity index (χ2n) is 7.25. The molecule has 0 unspecified atom stereocenters. The van der Waals surface area contributed by atoms with Crippen LogP contribution in [-0.2, 0) is 6.54 Å². The topological polar surface area (TPSA) is 90.1 Å². The third-order valence-electron chi connectivity index (χ3n) is 5.36. The van der Waals surface area contributed by atoms with E-state index in [0.29, 0.717) is 12.3 Å². The van der Waals surface area contributed by atoms with Crippen LogP contribution in [0.1, 0.15) is 5.82 Å². The van der Waals surface area contributed by atoms with Crippen molar-refractivity contribution < 1.29 is 4.74 Å². The zero-order valence-electron chi connectivity index (χ0n) is 17.1. The number of fused-ring (bicyclic) bond motifs is 3. The van der Waals surface area contributed by atoms with Crippen molar-refractivity contribution in [2.75, 3.05) is 12.4 Å². The molecule has 0 amide bonds. The number of nitrogens with one attached hydrogen (secondary N) is 1. The van der Waals surface area contributed by atoms with Gasteiger partial charge in [0.05, 0.1) is 46.8 Å². The van der Waals surface area contributed by atoms with Crippen LogP contribution in [0.3, 0.4) is 0 Å². The highest BCUT2D eigenvalue weighted by molar-refractivity contribution is 7.16. The SMILES string of the molecule is COc1cnc2c(NCc3nnc4ccc(-c5ccc6ncsc6c5)cn34)ccnc2c1. The van der Waals surface area contributed by atoms with Gasteiger partial charge in [-0.2, -0.15) is 0 Å². The Morgan fingerprint density at radius 2 is 1.91 bits per heavy atom. The molecule has 32 heavy (non-hydrogen) atoms. The van der Waals surface area contributed by atoms with Gasteiger partial charge in [-0.3, -0.25) is 9.38 Å². The Morgan fingerprint density at radius 3 is 2.84 bits per heavy atom. The number of aromatic nitrogens is 6. The summed E-state index contributed by atoms with van der Waals surface area (Å²) >= 11 is 1.64. The fourth-order valence-electron chi connectivity index (χ4n) is 3.70. The van der Waals surface area contributed by atoms with Gasteiger partial charge in [0.2, 0.25) is 0 Å². The fraction of sp³-hybridized carbons (Fsp3) is 0.0870. The molecule has 5 heterocycles. The zero-order chi connectivity index (χ0) is 21.5. The van der Waals surface area contributed by atoms with Crippen LogP contribution in [0.25, 0.3) is 38.0 Å². The van der Waals surface area contributed by atoms with Crippen LogP contribution in [0, 0.1) is 0 Å². The maximum atomic E-state index is 5.25. The van der Waals surface area contributed by atoms with Crippen LogP contribution in [0.4, 0.5) is 5.69 Å². The monoisotopic (exact) mass is 439 g/mol. The minimum absolute atomic E-state index is 0.491. The van der Waals surface area contributed by atoms with E-state index in [9.17, 15) is 0 Å². The quantitative estimate of drug-likeness (QED) is 0.421. The van der Waals surface area contributed by atoms with Crippen molar-refractivity contribution >= 4 is 43.9 Å². The summed E-state index contributed by atoms with van der Waals surface area (Å²) in [6.07, 6.45) is 5.51. The van der Waals surface area contributed by atoms with Crippen molar-refractivity contribution in [3.05, 3.63) is 72.4 Å². The first-order chi connectivity index (χ1) is 15.8. The molecule has 5 aromatic heterocycles. The van der Waals surface area contributed by atoms with E-state index in [-0.39, 0.29) is 0 Å². The van der Waals surface area contributed by atoms with E-state index in [2.05, 4.69) is 60.9 Å². The minimum atomic E-state index is 0.491. The van der Waals surface area contributed by atoms with Gasteiger partial charge in [-0.05, 0) is 41.5 Å². The van der Waals surface area contributed by atoms with Crippen LogP contribution in [0.5, 0.6) is 5.75 Å². The molecule has 0 aliphatic heterocycles. The molecule has 0 aliphatic carbocycles. The van der Waals surface area contributed by atoms with Crippen molar-refractivity contribution in [3.63, 3.8) is 0 Å². The highest BCUT2D eigenvalue weighted by Crippen LogP contribution is 2.27. The van der Waals surface area contributed by atoms with E-state index in [0.717, 1.165) is 44.8 Å². The van der Waals surface area contributed by atoms with E-state index < -0.39 is 0 Å². The molecule has 1 N–H and O–H groups in total. The van der Waals surface area contributed by atoms with Gasteiger partial charge < -0.3 is 10.1 Å². The first-order valence-corrected chi connectivity index (χ1v) is 10.9. The Hall–Kier alpha value is -4.11. The predicted octanol–water partition coefficient (Wildman–Crippen LogP) is 4.57. The molecule has 9 heteroatoms. The Balaban J connectivity index is 1.32. The molecule has 156 valence electrons. The lowest BCUT2D eigenvalue weighted by Gasteiger charge is -2.09. The number of pyridine rings is 3. The molecule has 0 saturated carbocycles. The van der Waals surface area contributed by atoms with E-state index in [1.54, 1.807) is 30.8 Å². The molecule has 0 spiro atoms. The van der Waals surface area contributed by atoms with E-state index in [4.69, 9.17) is 4.74 Å². The predicted molar refractivity (Wildman–Crippen MR) is 125 cm³/mol. The molecule has 0 aliphatic rings. The van der Waals surface area contributed by atoms with Gasteiger partial charge in [-0.25, -0.2) is 9.97 Å². The van der Waals surface area contributed by atoms with Gasteiger partial charge in [0, 0.05) is 18.5 Å². The van der Waals surface area contributed by atoms with Crippen molar-refractivity contribution in [1.82, 2.24) is 29.5 Å². The van der Waals surface area contributed by atoms with E-state index >= 15 is 0 Å². The molecular formula is C23H17N7OS. The molecule has 1 aromatic carbocycles. The summed E-state index contributed by atoms with van der Waals surface area (Å²) in [5.74, 6) is 1.48. The third-order valence-corrected chi connectivity index (χ3v) is 6.15. The molecule has 0 bridgehead atoms. The van der Waals surface area contributed by atoms with E-state index in [1.165, 1.54) is 4.70 Å². The summed E-state index contributed by atoms with van der Waals surface area (Å²) in [4.78, 5) is 13.2. The standard InChI is InChI=1S/C23H17N7OS/c1-31-16-9-19-23(26-10-16)18(6-7-24-19)25-11-22-29-28-21-5-3-15(12-30(21)22)14-2-4-17-20(8-14)32-13-27-17/h2-10,12-13H,11H2,1H3,(H,24,25). The average molecular weight is 440 g/mol. The summed E-state index contributed by atoms with van der Waals surface area (Å²) in [6, 6.07) is 14.1. The largest absolute Gasteiger partial charge is 0.495 e.